The van der Waals surface area contributed by atoms with E-state index in [0.29, 0.717) is 10.5 Å². The number of fused-ring (bicyclic) bond motifs is 1. The van der Waals surface area contributed by atoms with Crippen molar-refractivity contribution in [3.63, 3.8) is 0 Å². The zero-order valence-corrected chi connectivity index (χ0v) is 9.60. The second kappa shape index (κ2) is 3.61. The molecule has 1 aromatic carbocycles. The first kappa shape index (κ1) is 9.52. The molecule has 1 heterocycles. The number of halogens is 3. The molecule has 1 aliphatic rings. The second-order valence-corrected chi connectivity index (χ2v) is 4.82. The van der Waals surface area contributed by atoms with E-state index >= 15 is 0 Å². The van der Waals surface area contributed by atoms with Crippen LogP contribution >= 0.6 is 34.2 Å². The van der Waals surface area contributed by atoms with Crippen molar-refractivity contribution < 1.29 is 9.13 Å². The molecule has 1 atom stereocenters. The summed E-state index contributed by atoms with van der Waals surface area (Å²) in [5, 5.41) is 0.129. The summed E-state index contributed by atoms with van der Waals surface area (Å²) >= 11 is 7.92. The van der Waals surface area contributed by atoms with Gasteiger partial charge in [0.1, 0.15) is 11.6 Å². The van der Waals surface area contributed by atoms with Gasteiger partial charge in [0.2, 0.25) is 0 Å². The van der Waals surface area contributed by atoms with Gasteiger partial charge in [-0.25, -0.2) is 4.39 Å². The lowest BCUT2D eigenvalue weighted by atomic mass is 10.1. The second-order valence-electron chi connectivity index (χ2n) is 2.91. The van der Waals surface area contributed by atoms with Crippen LogP contribution in [0.2, 0.25) is 5.02 Å². The average Bonchev–Trinajstić information content (AvgIpc) is 2.09. The van der Waals surface area contributed by atoms with Gasteiger partial charge in [0.15, 0.2) is 0 Å². The molecule has 13 heavy (non-hydrogen) atoms. The summed E-state index contributed by atoms with van der Waals surface area (Å²) in [6.45, 7) is 0.683. The van der Waals surface area contributed by atoms with Gasteiger partial charge in [0.05, 0.1) is 11.6 Å². The van der Waals surface area contributed by atoms with E-state index in [0.717, 1.165) is 17.7 Å². The third-order valence-corrected chi connectivity index (χ3v) is 3.60. The van der Waals surface area contributed by atoms with E-state index in [4.69, 9.17) is 16.3 Å². The molecule has 0 amide bonds. The minimum absolute atomic E-state index is 0.129. The molecule has 0 saturated carbocycles. The summed E-state index contributed by atoms with van der Waals surface area (Å²) in [6, 6.07) is 3.02. The Morgan fingerprint density at radius 1 is 1.54 bits per heavy atom. The van der Waals surface area contributed by atoms with Crippen LogP contribution < -0.4 is 4.74 Å². The summed E-state index contributed by atoms with van der Waals surface area (Å²) in [7, 11) is 0. The van der Waals surface area contributed by atoms with Crippen molar-refractivity contribution in [2.24, 2.45) is 0 Å². The van der Waals surface area contributed by atoms with Gasteiger partial charge < -0.3 is 4.74 Å². The van der Waals surface area contributed by atoms with E-state index in [1.807, 2.05) is 0 Å². The Balaban J connectivity index is 2.52. The summed E-state index contributed by atoms with van der Waals surface area (Å²) < 4.78 is 18.8. The minimum atomic E-state index is -0.368. The third kappa shape index (κ3) is 1.76. The maximum Gasteiger partial charge on any atom is 0.142 e. The first-order chi connectivity index (χ1) is 6.18. The van der Waals surface area contributed by atoms with Gasteiger partial charge >= 0.3 is 0 Å². The van der Waals surface area contributed by atoms with Gasteiger partial charge in [0.25, 0.3) is 0 Å². The van der Waals surface area contributed by atoms with Crippen molar-refractivity contribution in [1.29, 1.82) is 0 Å². The van der Waals surface area contributed by atoms with Crippen LogP contribution in [-0.4, -0.2) is 6.61 Å². The van der Waals surface area contributed by atoms with Gasteiger partial charge in [-0.3, -0.25) is 0 Å². The highest BCUT2D eigenvalue weighted by Gasteiger charge is 2.20. The summed E-state index contributed by atoms with van der Waals surface area (Å²) in [5.41, 5.74) is 0.911. The molecule has 2 rings (SSSR count). The lowest BCUT2D eigenvalue weighted by Crippen LogP contribution is -2.10. The molecule has 0 bridgehead atoms. The monoisotopic (exact) mass is 312 g/mol. The maximum atomic E-state index is 13.1. The molecule has 0 saturated heterocycles. The summed E-state index contributed by atoms with van der Waals surface area (Å²) in [5.74, 6) is 0.352. The van der Waals surface area contributed by atoms with Crippen LogP contribution in [0.3, 0.4) is 0 Å². The molecule has 1 nitrogen and oxygen atoms in total. The fraction of sp³-hybridized carbons (Fsp3) is 0.333. The highest BCUT2D eigenvalue weighted by molar-refractivity contribution is 14.1. The maximum absolute atomic E-state index is 13.1. The van der Waals surface area contributed by atoms with Crippen molar-refractivity contribution in [3.05, 3.63) is 28.5 Å². The van der Waals surface area contributed by atoms with Crippen molar-refractivity contribution >= 4 is 34.2 Å². The van der Waals surface area contributed by atoms with Crippen LogP contribution in [0.5, 0.6) is 5.75 Å². The molecule has 0 spiro atoms. The molecule has 70 valence electrons. The largest absolute Gasteiger partial charge is 0.493 e. The fourth-order valence-corrected chi connectivity index (χ4v) is 2.24. The van der Waals surface area contributed by atoms with Crippen molar-refractivity contribution in [3.8, 4) is 5.75 Å². The molecule has 0 aliphatic carbocycles. The summed E-state index contributed by atoms with van der Waals surface area (Å²) in [4.78, 5) is 0. The number of benzene rings is 1. The van der Waals surface area contributed by atoms with E-state index in [-0.39, 0.29) is 10.8 Å². The van der Waals surface area contributed by atoms with E-state index in [1.165, 1.54) is 6.07 Å². The fourth-order valence-electron chi connectivity index (χ4n) is 1.34. The quantitative estimate of drug-likeness (QED) is 0.524. The van der Waals surface area contributed by atoms with Crippen molar-refractivity contribution in [1.82, 2.24) is 0 Å². The molecule has 0 N–H and O–H groups in total. The molecular weight excluding hydrogens is 305 g/mol. The molecule has 1 unspecified atom stereocenters. The Kier molecular flexibility index (Phi) is 2.65. The van der Waals surface area contributed by atoms with E-state index in [2.05, 4.69) is 22.6 Å². The van der Waals surface area contributed by atoms with Crippen LogP contribution in [0, 0.1) is 5.82 Å². The highest BCUT2D eigenvalue weighted by Crippen LogP contribution is 2.40. The normalized spacial score (nSPS) is 20.7. The van der Waals surface area contributed by atoms with E-state index in [1.54, 1.807) is 6.07 Å². The van der Waals surface area contributed by atoms with Crippen LogP contribution in [-0.2, 0) is 0 Å². The molecule has 0 radical (unpaired) electrons. The van der Waals surface area contributed by atoms with Crippen LogP contribution in [0.25, 0.3) is 0 Å². The zero-order chi connectivity index (χ0) is 9.42. The molecule has 4 heteroatoms. The molecular formula is C9H7ClFIO. The van der Waals surface area contributed by atoms with Crippen molar-refractivity contribution in [2.75, 3.05) is 6.61 Å². The van der Waals surface area contributed by atoms with E-state index in [9.17, 15) is 4.39 Å². The minimum Gasteiger partial charge on any atom is -0.493 e. The van der Waals surface area contributed by atoms with Crippen LogP contribution in [0.1, 0.15) is 15.9 Å². The lowest BCUT2D eigenvalue weighted by Gasteiger charge is -2.21. The topological polar surface area (TPSA) is 9.23 Å². The molecule has 1 aromatic rings. The first-order valence-electron chi connectivity index (χ1n) is 3.94. The predicted octanol–water partition coefficient (Wildman–Crippen LogP) is 3.74. The Morgan fingerprint density at radius 3 is 3.08 bits per heavy atom. The molecule has 1 aliphatic heterocycles. The SMILES string of the molecule is Fc1cc2c(cc1Cl)OCCC2I. The van der Waals surface area contributed by atoms with Gasteiger partial charge in [-0.15, -0.1) is 0 Å². The van der Waals surface area contributed by atoms with Crippen LogP contribution in [0.15, 0.2) is 12.1 Å². The number of hydrogen-bond acceptors (Lipinski definition) is 1. The predicted molar refractivity (Wildman–Crippen MR) is 58.3 cm³/mol. The smallest absolute Gasteiger partial charge is 0.142 e. The average molecular weight is 313 g/mol. The van der Waals surface area contributed by atoms with Gasteiger partial charge in [-0.05, 0) is 12.5 Å². The first-order valence-corrected chi connectivity index (χ1v) is 5.56. The number of ether oxygens (including phenoxy) is 1. The lowest BCUT2D eigenvalue weighted by molar-refractivity contribution is 0.288. The number of rotatable bonds is 0. The molecule has 0 aromatic heterocycles. The van der Waals surface area contributed by atoms with Crippen LogP contribution in [0.4, 0.5) is 4.39 Å². The Morgan fingerprint density at radius 2 is 2.31 bits per heavy atom. The Bertz CT molecular complexity index is 343. The van der Waals surface area contributed by atoms with Gasteiger partial charge in [-0.2, -0.15) is 0 Å². The zero-order valence-electron chi connectivity index (χ0n) is 6.69. The van der Waals surface area contributed by atoms with E-state index < -0.39 is 0 Å². The van der Waals surface area contributed by atoms with Gasteiger partial charge in [0, 0.05) is 15.6 Å². The van der Waals surface area contributed by atoms with Gasteiger partial charge in [-0.1, -0.05) is 34.2 Å². The number of alkyl halides is 1. The molecule has 0 fully saturated rings. The Labute approximate surface area is 94.4 Å². The standard InChI is InChI=1S/C9H7ClFIO/c10-6-4-9-5(3-7(6)11)8(12)1-2-13-9/h3-4,8H,1-2H2. The number of hydrogen-bond donors (Lipinski definition) is 0. The van der Waals surface area contributed by atoms with Crippen molar-refractivity contribution in [2.45, 2.75) is 10.3 Å². The Hall–Kier alpha value is -0.0300. The highest BCUT2D eigenvalue weighted by atomic mass is 127. The summed E-state index contributed by atoms with van der Waals surface area (Å²) in [6.07, 6.45) is 0.925. The third-order valence-electron chi connectivity index (χ3n) is 2.02.